The molecule has 12 heteroatoms. The van der Waals surface area contributed by atoms with E-state index in [1.165, 1.54) is 0 Å². The normalized spacial score (nSPS) is 15.7. The predicted octanol–water partition coefficient (Wildman–Crippen LogP) is 0.328. The summed E-state index contributed by atoms with van der Waals surface area (Å²) in [7, 11) is 0. The molecule has 0 bridgehead atoms. The van der Waals surface area contributed by atoms with E-state index in [2.05, 4.69) is 20.4 Å². The Balaban J connectivity index is 2.09. The zero-order valence-corrected chi connectivity index (χ0v) is 12.5. The highest BCUT2D eigenvalue weighted by molar-refractivity contribution is 5.81. The number of halogens is 3. The molecule has 1 saturated heterocycles. The molecule has 130 valence electrons. The SMILES string of the molecule is N=C(N)CNc1nc(N2CCOCC2)nc2c(C(F)(F)F)cnn12. The van der Waals surface area contributed by atoms with Crippen LogP contribution in [0.4, 0.5) is 25.1 Å². The first-order valence-corrected chi connectivity index (χ1v) is 7.08. The van der Waals surface area contributed by atoms with Crippen LogP contribution in [0.5, 0.6) is 0 Å². The van der Waals surface area contributed by atoms with Gasteiger partial charge in [0.25, 0.3) is 0 Å². The average molecular weight is 344 g/mol. The molecule has 3 heterocycles. The lowest BCUT2D eigenvalue weighted by Crippen LogP contribution is -2.37. The number of nitrogens with two attached hydrogens (primary N) is 1. The highest BCUT2D eigenvalue weighted by Crippen LogP contribution is 2.32. The molecule has 4 N–H and O–H groups in total. The molecular formula is C12H15F3N8O. The van der Waals surface area contributed by atoms with Crippen LogP contribution in [-0.2, 0) is 10.9 Å². The summed E-state index contributed by atoms with van der Waals surface area (Å²) < 4.78 is 45.6. The van der Waals surface area contributed by atoms with Crippen molar-refractivity contribution >= 4 is 23.4 Å². The van der Waals surface area contributed by atoms with Crippen LogP contribution in [-0.4, -0.2) is 58.3 Å². The maximum Gasteiger partial charge on any atom is 0.421 e. The van der Waals surface area contributed by atoms with Crippen molar-refractivity contribution in [2.75, 3.05) is 43.1 Å². The minimum Gasteiger partial charge on any atom is -0.386 e. The predicted molar refractivity (Wildman–Crippen MR) is 79.2 cm³/mol. The lowest BCUT2D eigenvalue weighted by molar-refractivity contribution is -0.136. The minimum absolute atomic E-state index is 0.0344. The Morgan fingerprint density at radius 2 is 2.04 bits per heavy atom. The van der Waals surface area contributed by atoms with Gasteiger partial charge in [-0.2, -0.15) is 32.8 Å². The standard InChI is InChI=1S/C12H15F3N8O/c13-12(14,15)7-5-19-23-9(7)20-11(22-1-3-24-4-2-22)21-10(23)18-6-8(16)17/h5H,1-4,6H2,(H3,16,17)(H,18,20,21). The van der Waals surface area contributed by atoms with Gasteiger partial charge in [-0.25, -0.2) is 0 Å². The maximum atomic E-state index is 13.1. The molecule has 0 radical (unpaired) electrons. The third kappa shape index (κ3) is 3.18. The number of nitrogens with zero attached hydrogens (tertiary/aromatic N) is 5. The van der Waals surface area contributed by atoms with E-state index in [4.69, 9.17) is 15.9 Å². The summed E-state index contributed by atoms with van der Waals surface area (Å²) in [5, 5.41) is 13.7. The van der Waals surface area contributed by atoms with Crippen molar-refractivity contribution in [3.05, 3.63) is 11.8 Å². The number of fused-ring (bicyclic) bond motifs is 1. The molecule has 0 saturated carbocycles. The van der Waals surface area contributed by atoms with Crippen molar-refractivity contribution in [3.63, 3.8) is 0 Å². The van der Waals surface area contributed by atoms with E-state index in [-0.39, 0.29) is 29.9 Å². The van der Waals surface area contributed by atoms with Crippen molar-refractivity contribution < 1.29 is 17.9 Å². The maximum absolute atomic E-state index is 13.1. The van der Waals surface area contributed by atoms with Gasteiger partial charge in [0.1, 0.15) is 11.4 Å². The summed E-state index contributed by atoms with van der Waals surface area (Å²) in [6.07, 6.45) is -3.89. The smallest absolute Gasteiger partial charge is 0.386 e. The first-order chi connectivity index (χ1) is 11.4. The van der Waals surface area contributed by atoms with Gasteiger partial charge in [-0.3, -0.25) is 5.41 Å². The molecule has 9 nitrogen and oxygen atoms in total. The van der Waals surface area contributed by atoms with Gasteiger partial charge in [0.2, 0.25) is 11.9 Å². The third-order valence-corrected chi connectivity index (χ3v) is 3.39. The van der Waals surface area contributed by atoms with Crippen molar-refractivity contribution in [1.82, 2.24) is 19.6 Å². The van der Waals surface area contributed by atoms with E-state index in [1.807, 2.05) is 0 Å². The zero-order valence-electron chi connectivity index (χ0n) is 12.5. The summed E-state index contributed by atoms with van der Waals surface area (Å²) in [5.74, 6) is -0.00655. The molecule has 0 atom stereocenters. The molecular weight excluding hydrogens is 329 g/mol. The first-order valence-electron chi connectivity index (χ1n) is 7.08. The van der Waals surface area contributed by atoms with Gasteiger partial charge in [-0.15, -0.1) is 0 Å². The molecule has 0 aromatic carbocycles. The van der Waals surface area contributed by atoms with E-state index in [1.54, 1.807) is 4.90 Å². The Kier molecular flexibility index (Phi) is 4.13. The highest BCUT2D eigenvalue weighted by Gasteiger charge is 2.36. The van der Waals surface area contributed by atoms with E-state index < -0.39 is 11.7 Å². The fourth-order valence-corrected chi connectivity index (χ4v) is 2.26. The van der Waals surface area contributed by atoms with Crippen molar-refractivity contribution in [3.8, 4) is 0 Å². The Morgan fingerprint density at radius 1 is 1.33 bits per heavy atom. The van der Waals surface area contributed by atoms with Crippen LogP contribution in [0, 0.1) is 5.41 Å². The summed E-state index contributed by atoms with van der Waals surface area (Å²) in [6.45, 7) is 1.75. The van der Waals surface area contributed by atoms with E-state index >= 15 is 0 Å². The highest BCUT2D eigenvalue weighted by atomic mass is 19.4. The lowest BCUT2D eigenvalue weighted by Gasteiger charge is -2.27. The van der Waals surface area contributed by atoms with Crippen molar-refractivity contribution in [1.29, 1.82) is 5.41 Å². The molecule has 2 aromatic heterocycles. The molecule has 0 spiro atoms. The Hall–Kier alpha value is -2.63. The quantitative estimate of drug-likeness (QED) is 0.540. The number of ether oxygens (including phenoxy) is 1. The summed E-state index contributed by atoms with van der Waals surface area (Å²) >= 11 is 0. The fourth-order valence-electron chi connectivity index (χ4n) is 2.26. The monoisotopic (exact) mass is 344 g/mol. The molecule has 3 rings (SSSR count). The number of alkyl halides is 3. The number of nitrogens with one attached hydrogen (secondary N) is 2. The number of aromatic nitrogens is 4. The summed E-state index contributed by atoms with van der Waals surface area (Å²) in [5.41, 5.74) is 3.97. The van der Waals surface area contributed by atoms with Crippen molar-refractivity contribution in [2.45, 2.75) is 6.18 Å². The van der Waals surface area contributed by atoms with Crippen LogP contribution in [0.1, 0.15) is 5.56 Å². The number of morpholine rings is 1. The first kappa shape index (κ1) is 16.2. The van der Waals surface area contributed by atoms with Crippen LogP contribution in [0.15, 0.2) is 6.20 Å². The lowest BCUT2D eigenvalue weighted by atomic mass is 10.3. The van der Waals surface area contributed by atoms with Gasteiger partial charge in [-0.05, 0) is 0 Å². The Labute approximate surface area is 134 Å². The molecule has 24 heavy (non-hydrogen) atoms. The second-order valence-electron chi connectivity index (χ2n) is 5.12. The topological polar surface area (TPSA) is 117 Å². The summed E-state index contributed by atoms with van der Waals surface area (Å²) in [6, 6.07) is 0. The van der Waals surface area contributed by atoms with Crippen LogP contribution >= 0.6 is 0 Å². The van der Waals surface area contributed by atoms with Crippen molar-refractivity contribution in [2.24, 2.45) is 5.73 Å². The average Bonchev–Trinajstić information content (AvgIpc) is 2.97. The Morgan fingerprint density at radius 3 is 2.67 bits per heavy atom. The summed E-state index contributed by atoms with van der Waals surface area (Å²) in [4.78, 5) is 9.98. The molecule has 1 aliphatic heterocycles. The van der Waals surface area contributed by atoms with Crippen LogP contribution in [0.3, 0.4) is 0 Å². The third-order valence-electron chi connectivity index (χ3n) is 3.39. The molecule has 2 aromatic rings. The van der Waals surface area contributed by atoms with E-state index in [0.29, 0.717) is 32.5 Å². The second kappa shape index (κ2) is 6.11. The van der Waals surface area contributed by atoms with E-state index in [9.17, 15) is 13.2 Å². The number of rotatable bonds is 4. The van der Waals surface area contributed by atoms with Crippen LogP contribution in [0.25, 0.3) is 5.65 Å². The number of anilines is 2. The van der Waals surface area contributed by atoms with E-state index in [0.717, 1.165) is 4.52 Å². The molecule has 1 aliphatic rings. The van der Waals surface area contributed by atoms with Gasteiger partial charge in [-0.1, -0.05) is 0 Å². The number of hydrogen-bond acceptors (Lipinski definition) is 7. The second-order valence-corrected chi connectivity index (χ2v) is 5.12. The molecule has 1 fully saturated rings. The van der Waals surface area contributed by atoms with Gasteiger partial charge < -0.3 is 20.7 Å². The zero-order chi connectivity index (χ0) is 17.3. The van der Waals surface area contributed by atoms with Gasteiger partial charge >= 0.3 is 6.18 Å². The number of hydrogen-bond donors (Lipinski definition) is 3. The van der Waals surface area contributed by atoms with Gasteiger partial charge in [0.05, 0.1) is 26.0 Å². The molecule has 0 amide bonds. The largest absolute Gasteiger partial charge is 0.421 e. The minimum atomic E-state index is -4.59. The fraction of sp³-hybridized carbons (Fsp3) is 0.500. The van der Waals surface area contributed by atoms with Gasteiger partial charge in [0, 0.05) is 13.1 Å². The van der Waals surface area contributed by atoms with Gasteiger partial charge in [0.15, 0.2) is 5.65 Å². The van der Waals surface area contributed by atoms with Crippen LogP contribution < -0.4 is 16.0 Å². The molecule has 0 unspecified atom stereocenters. The van der Waals surface area contributed by atoms with Crippen LogP contribution in [0.2, 0.25) is 0 Å². The Bertz CT molecular complexity index is 753. The number of amidine groups is 1. The molecule has 0 aliphatic carbocycles.